The molecule has 1 rings (SSSR count). The van der Waals surface area contributed by atoms with Gasteiger partial charge in [-0.1, -0.05) is 32.0 Å². The van der Waals surface area contributed by atoms with Gasteiger partial charge in [-0.15, -0.1) is 0 Å². The Morgan fingerprint density at radius 1 is 1.50 bits per heavy atom. The topological polar surface area (TPSA) is 0 Å². The Balaban J connectivity index is 2.75. The zero-order chi connectivity index (χ0) is 7.40. The van der Waals surface area contributed by atoms with Crippen molar-refractivity contribution in [2.24, 2.45) is 0 Å². The molecule has 0 fully saturated rings. The van der Waals surface area contributed by atoms with Crippen LogP contribution in [0, 0.1) is 12.1 Å². The molecule has 10 heavy (non-hydrogen) atoms. The van der Waals surface area contributed by atoms with E-state index in [1.54, 1.807) is 0 Å². The first-order chi connectivity index (χ1) is 4.84. The fourth-order valence-electron chi connectivity index (χ4n) is 0.870. The summed E-state index contributed by atoms with van der Waals surface area (Å²) in [4.78, 5) is 0. The van der Waals surface area contributed by atoms with E-state index in [0.717, 1.165) is 0 Å². The Hall–Kier alpha value is -0.780. The third-order valence-electron chi connectivity index (χ3n) is 1.81. The van der Waals surface area contributed by atoms with Gasteiger partial charge in [0.2, 0.25) is 0 Å². The predicted octanol–water partition coefficient (Wildman–Crippen LogP) is 2.80. The van der Waals surface area contributed by atoms with Crippen molar-refractivity contribution in [3.05, 3.63) is 35.9 Å². The molecule has 0 nitrogen and oxygen atoms in total. The molecule has 0 aliphatic rings. The zero-order valence-corrected chi connectivity index (χ0v) is 6.52. The molecule has 2 radical (unpaired) electrons. The monoisotopic (exact) mass is 132 g/mol. The highest BCUT2D eigenvalue weighted by Gasteiger charge is 1.99. The maximum atomic E-state index is 3.19. The van der Waals surface area contributed by atoms with Crippen molar-refractivity contribution in [1.82, 2.24) is 0 Å². The molecule has 0 N–H and O–H groups in total. The fraction of sp³-hybridized carbons (Fsp3) is 0.400. The van der Waals surface area contributed by atoms with E-state index in [0.29, 0.717) is 5.92 Å². The lowest BCUT2D eigenvalue weighted by atomic mass is 9.99. The molecule has 0 aromatic heterocycles. The molecule has 1 aromatic carbocycles. The summed E-state index contributed by atoms with van der Waals surface area (Å²) in [5, 5.41) is 0. The summed E-state index contributed by atoms with van der Waals surface area (Å²) >= 11 is 0. The number of rotatable bonds is 2. The molecular weight excluding hydrogens is 120 g/mol. The van der Waals surface area contributed by atoms with Crippen LogP contribution in [0.4, 0.5) is 0 Å². The van der Waals surface area contributed by atoms with Crippen LogP contribution in [0.3, 0.4) is 0 Å². The van der Waals surface area contributed by atoms with Crippen molar-refractivity contribution in [1.29, 1.82) is 0 Å². The number of hydrogen-bond donors (Lipinski definition) is 0. The first kappa shape index (κ1) is 7.33. The lowest BCUT2D eigenvalue weighted by molar-refractivity contribution is 0.732. The maximum Gasteiger partial charge on any atom is -0.0146 e. The van der Waals surface area contributed by atoms with Gasteiger partial charge in [-0.3, -0.25) is 0 Å². The van der Waals surface area contributed by atoms with Crippen molar-refractivity contribution in [3.63, 3.8) is 0 Å². The Bertz CT molecular complexity index is 176. The van der Waals surface area contributed by atoms with Crippen LogP contribution < -0.4 is 0 Å². The minimum Gasteiger partial charge on any atom is -0.0648 e. The molecule has 0 spiro atoms. The van der Waals surface area contributed by atoms with Crippen molar-refractivity contribution < 1.29 is 0 Å². The molecular formula is C10H12. The van der Waals surface area contributed by atoms with E-state index < -0.39 is 0 Å². The van der Waals surface area contributed by atoms with E-state index >= 15 is 0 Å². The van der Waals surface area contributed by atoms with Crippen LogP contribution in [0.1, 0.15) is 31.7 Å². The summed E-state index contributed by atoms with van der Waals surface area (Å²) in [6.07, 6.45) is 1.17. The molecule has 1 atom stereocenters. The van der Waals surface area contributed by atoms with Gasteiger partial charge < -0.3 is 0 Å². The van der Waals surface area contributed by atoms with Crippen molar-refractivity contribution >= 4 is 0 Å². The molecule has 0 aliphatic carbocycles. The smallest absolute Gasteiger partial charge is 0.0146 e. The van der Waals surface area contributed by atoms with Crippen LogP contribution >= 0.6 is 0 Å². The van der Waals surface area contributed by atoms with E-state index in [1.165, 1.54) is 12.0 Å². The van der Waals surface area contributed by atoms with Crippen LogP contribution in [-0.4, -0.2) is 0 Å². The maximum absolute atomic E-state index is 3.19. The van der Waals surface area contributed by atoms with Gasteiger partial charge in [0.1, 0.15) is 0 Å². The van der Waals surface area contributed by atoms with Crippen LogP contribution in [-0.2, 0) is 0 Å². The van der Waals surface area contributed by atoms with Gasteiger partial charge in [0.25, 0.3) is 0 Å². The van der Waals surface area contributed by atoms with Gasteiger partial charge in [0.15, 0.2) is 0 Å². The fourth-order valence-corrected chi connectivity index (χ4v) is 0.870. The van der Waals surface area contributed by atoms with Crippen molar-refractivity contribution in [3.8, 4) is 0 Å². The molecule has 1 aromatic rings. The quantitative estimate of drug-likeness (QED) is 0.580. The van der Waals surface area contributed by atoms with Gasteiger partial charge in [0, 0.05) is 0 Å². The molecule has 1 unspecified atom stereocenters. The molecule has 0 amide bonds. The SMILES string of the molecule is CCC(C)c1[c]cc[c]c1. The standard InChI is InChI=1S/C10H12/c1-3-9(2)10-7-5-4-6-8-10/h4-5,8-9H,3H2,1-2H3. The summed E-state index contributed by atoms with van der Waals surface area (Å²) in [5.41, 5.74) is 1.27. The minimum absolute atomic E-state index is 0.623. The Kier molecular flexibility index (Phi) is 2.49. The van der Waals surface area contributed by atoms with Crippen LogP contribution in [0.25, 0.3) is 0 Å². The van der Waals surface area contributed by atoms with Crippen LogP contribution in [0.2, 0.25) is 0 Å². The lowest BCUT2D eigenvalue weighted by Crippen LogP contribution is -1.89. The molecule has 0 bridgehead atoms. The highest BCUT2D eigenvalue weighted by atomic mass is 14.0. The van der Waals surface area contributed by atoms with E-state index in [9.17, 15) is 0 Å². The van der Waals surface area contributed by atoms with Crippen molar-refractivity contribution in [2.45, 2.75) is 26.2 Å². The Morgan fingerprint density at radius 2 is 2.30 bits per heavy atom. The first-order valence-corrected chi connectivity index (χ1v) is 3.72. The number of hydrogen-bond acceptors (Lipinski definition) is 0. The van der Waals surface area contributed by atoms with E-state index in [4.69, 9.17) is 0 Å². The molecule has 0 saturated heterocycles. The third-order valence-corrected chi connectivity index (χ3v) is 1.81. The van der Waals surface area contributed by atoms with Crippen LogP contribution in [0.5, 0.6) is 0 Å². The first-order valence-electron chi connectivity index (χ1n) is 3.72. The van der Waals surface area contributed by atoms with Gasteiger partial charge in [-0.25, -0.2) is 0 Å². The molecule has 52 valence electrons. The average molecular weight is 132 g/mol. The number of benzene rings is 1. The van der Waals surface area contributed by atoms with Crippen molar-refractivity contribution in [2.75, 3.05) is 0 Å². The summed E-state index contributed by atoms with van der Waals surface area (Å²) in [7, 11) is 0. The van der Waals surface area contributed by atoms with Gasteiger partial charge in [-0.2, -0.15) is 0 Å². The highest BCUT2D eigenvalue weighted by molar-refractivity contribution is 5.15. The molecule has 0 heteroatoms. The molecule has 0 aliphatic heterocycles. The Morgan fingerprint density at radius 3 is 2.80 bits per heavy atom. The highest BCUT2D eigenvalue weighted by Crippen LogP contribution is 2.16. The third kappa shape index (κ3) is 1.60. The summed E-state index contributed by atoms with van der Waals surface area (Å²) in [6.45, 7) is 4.39. The second kappa shape index (κ2) is 3.40. The Labute approximate surface area is 62.9 Å². The summed E-state index contributed by atoms with van der Waals surface area (Å²) in [6, 6.07) is 12.0. The largest absolute Gasteiger partial charge is 0.0648 e. The van der Waals surface area contributed by atoms with E-state index in [2.05, 4.69) is 26.0 Å². The molecule has 0 heterocycles. The lowest BCUT2D eigenvalue weighted by Gasteiger charge is -2.05. The zero-order valence-electron chi connectivity index (χ0n) is 6.52. The van der Waals surface area contributed by atoms with Gasteiger partial charge in [0.05, 0.1) is 0 Å². The van der Waals surface area contributed by atoms with E-state index in [1.807, 2.05) is 18.2 Å². The average Bonchev–Trinajstić information content (AvgIpc) is 2.05. The van der Waals surface area contributed by atoms with Gasteiger partial charge >= 0.3 is 0 Å². The second-order valence-corrected chi connectivity index (χ2v) is 2.55. The predicted molar refractivity (Wildman–Crippen MR) is 42.8 cm³/mol. The van der Waals surface area contributed by atoms with E-state index in [-0.39, 0.29) is 0 Å². The van der Waals surface area contributed by atoms with Crippen LogP contribution in [0.15, 0.2) is 18.2 Å². The molecule has 0 saturated carbocycles. The summed E-state index contributed by atoms with van der Waals surface area (Å²) < 4.78 is 0. The second-order valence-electron chi connectivity index (χ2n) is 2.55. The van der Waals surface area contributed by atoms with Gasteiger partial charge in [-0.05, 0) is 30.0 Å². The summed E-state index contributed by atoms with van der Waals surface area (Å²) in [5.74, 6) is 0.623. The minimum atomic E-state index is 0.623. The normalized spacial score (nSPS) is 13.0.